The molecule has 1 aromatic rings. The minimum absolute atomic E-state index is 0.0195. The van der Waals surface area contributed by atoms with Gasteiger partial charge in [-0.15, -0.1) is 0 Å². The zero-order valence-corrected chi connectivity index (χ0v) is 10.9. The van der Waals surface area contributed by atoms with Crippen molar-refractivity contribution in [2.45, 2.75) is 20.0 Å². The van der Waals surface area contributed by atoms with E-state index >= 15 is 0 Å². The molecule has 0 fully saturated rings. The average molecular weight is 270 g/mol. The van der Waals surface area contributed by atoms with E-state index in [4.69, 9.17) is 18.6 Å². The molecule has 0 aliphatic carbocycles. The zero-order valence-electron chi connectivity index (χ0n) is 10.9. The van der Waals surface area contributed by atoms with Crippen LogP contribution in [-0.2, 0) is 27.2 Å². The molecule has 0 aromatic carbocycles. The molecular weight excluding hydrogens is 252 g/mol. The average Bonchev–Trinajstić information content (AvgIpc) is 2.38. The fraction of sp³-hybridized carbons (Fsp3) is 0.615. The molecule has 6 heteroatoms. The molecule has 1 aliphatic rings. The van der Waals surface area contributed by atoms with Crippen LogP contribution in [-0.4, -0.2) is 38.1 Å². The van der Waals surface area contributed by atoms with Gasteiger partial charge in [-0.25, -0.2) is 4.79 Å². The van der Waals surface area contributed by atoms with Crippen LogP contribution in [0.4, 0.5) is 0 Å². The molecule has 2 rings (SSSR count). The lowest BCUT2D eigenvalue weighted by Gasteiger charge is -2.10. The molecule has 2 bridgehead atoms. The Kier molecular flexibility index (Phi) is 4.95. The van der Waals surface area contributed by atoms with Gasteiger partial charge in [-0.3, -0.25) is 0 Å². The van der Waals surface area contributed by atoms with Gasteiger partial charge in [-0.05, 0) is 6.92 Å². The Bertz CT molecular complexity index is 479. The van der Waals surface area contributed by atoms with E-state index in [1.165, 1.54) is 0 Å². The zero-order chi connectivity index (χ0) is 13.7. The van der Waals surface area contributed by atoms with E-state index in [1.807, 2.05) is 0 Å². The Hall–Kier alpha value is -1.37. The first-order valence-electron chi connectivity index (χ1n) is 6.28. The Labute approximate surface area is 110 Å². The van der Waals surface area contributed by atoms with E-state index < -0.39 is 5.63 Å². The fourth-order valence-corrected chi connectivity index (χ4v) is 1.92. The van der Waals surface area contributed by atoms with Crippen LogP contribution in [0.25, 0.3) is 0 Å². The summed E-state index contributed by atoms with van der Waals surface area (Å²) in [5.41, 5.74) is 0.189. The van der Waals surface area contributed by atoms with Crippen molar-refractivity contribution in [3.63, 3.8) is 0 Å². The van der Waals surface area contributed by atoms with Crippen LogP contribution in [0.3, 0.4) is 0 Å². The summed E-state index contributed by atoms with van der Waals surface area (Å²) in [6.07, 6.45) is 0.481. The Morgan fingerprint density at radius 1 is 0.947 bits per heavy atom. The molecule has 0 atom stereocenters. The monoisotopic (exact) mass is 270 g/mol. The molecule has 0 unspecified atom stereocenters. The largest absolute Gasteiger partial charge is 0.507 e. The second-order valence-electron chi connectivity index (χ2n) is 4.28. The molecule has 106 valence electrons. The summed E-state index contributed by atoms with van der Waals surface area (Å²) in [7, 11) is 0. The molecule has 0 amide bonds. The van der Waals surface area contributed by atoms with Crippen LogP contribution < -0.4 is 5.63 Å². The third-order valence-corrected chi connectivity index (χ3v) is 2.98. The fourth-order valence-electron chi connectivity index (χ4n) is 1.92. The highest BCUT2D eigenvalue weighted by molar-refractivity contribution is 5.39. The normalized spacial score (nSPS) is 18.2. The highest BCUT2D eigenvalue weighted by Crippen LogP contribution is 2.24. The predicted molar refractivity (Wildman–Crippen MR) is 66.4 cm³/mol. The van der Waals surface area contributed by atoms with Crippen LogP contribution in [0.1, 0.15) is 16.9 Å². The molecule has 0 saturated heterocycles. The van der Waals surface area contributed by atoms with Crippen molar-refractivity contribution in [2.24, 2.45) is 0 Å². The summed E-state index contributed by atoms with van der Waals surface area (Å²) >= 11 is 0. The summed E-state index contributed by atoms with van der Waals surface area (Å²) in [5.74, 6) is 0.374. The molecule has 6 nitrogen and oxygen atoms in total. The maximum Gasteiger partial charge on any atom is 0.345 e. The smallest absolute Gasteiger partial charge is 0.345 e. The highest BCUT2D eigenvalue weighted by Gasteiger charge is 2.17. The minimum atomic E-state index is -0.560. The van der Waals surface area contributed by atoms with E-state index in [9.17, 15) is 9.90 Å². The van der Waals surface area contributed by atoms with E-state index in [2.05, 4.69) is 0 Å². The van der Waals surface area contributed by atoms with E-state index in [1.54, 1.807) is 6.92 Å². The maximum atomic E-state index is 11.7. The molecule has 19 heavy (non-hydrogen) atoms. The third kappa shape index (κ3) is 3.56. The van der Waals surface area contributed by atoms with Crippen LogP contribution in [0, 0.1) is 6.92 Å². The molecule has 0 spiro atoms. The van der Waals surface area contributed by atoms with Gasteiger partial charge >= 0.3 is 5.63 Å². The number of fused-ring (bicyclic) bond motifs is 2. The van der Waals surface area contributed by atoms with Gasteiger partial charge < -0.3 is 23.7 Å². The van der Waals surface area contributed by atoms with Crippen LogP contribution in [0.5, 0.6) is 5.75 Å². The van der Waals surface area contributed by atoms with Crippen molar-refractivity contribution in [3.05, 3.63) is 27.3 Å². The summed E-state index contributed by atoms with van der Waals surface area (Å²) in [5, 5.41) is 10.1. The number of aromatic hydroxyl groups is 1. The Balaban J connectivity index is 2.26. The quantitative estimate of drug-likeness (QED) is 0.750. The van der Waals surface area contributed by atoms with Crippen LogP contribution in [0.2, 0.25) is 0 Å². The van der Waals surface area contributed by atoms with Crippen molar-refractivity contribution in [2.75, 3.05) is 33.0 Å². The molecular formula is C13H18O6. The number of hydrogen-bond acceptors (Lipinski definition) is 6. The van der Waals surface area contributed by atoms with Gasteiger partial charge in [0.15, 0.2) is 0 Å². The number of ether oxygens (including phenoxy) is 3. The SMILES string of the molecule is Cc1oc(=O)c2c(O)c1CCOCCOCCOC2. The van der Waals surface area contributed by atoms with Gasteiger partial charge in [-0.1, -0.05) is 0 Å². The minimum Gasteiger partial charge on any atom is -0.507 e. The van der Waals surface area contributed by atoms with Crippen molar-refractivity contribution < 1.29 is 23.7 Å². The molecule has 1 aromatic heterocycles. The van der Waals surface area contributed by atoms with Gasteiger partial charge in [0.2, 0.25) is 0 Å². The van der Waals surface area contributed by atoms with Crippen molar-refractivity contribution in [3.8, 4) is 5.75 Å². The van der Waals surface area contributed by atoms with Crippen LogP contribution in [0.15, 0.2) is 9.21 Å². The first-order chi connectivity index (χ1) is 9.20. The highest BCUT2D eigenvalue weighted by atomic mass is 16.5. The lowest BCUT2D eigenvalue weighted by Crippen LogP contribution is -2.14. The van der Waals surface area contributed by atoms with E-state index in [0.717, 1.165) is 0 Å². The topological polar surface area (TPSA) is 78.1 Å². The summed E-state index contributed by atoms with van der Waals surface area (Å²) < 4.78 is 21.1. The molecule has 1 aliphatic heterocycles. The van der Waals surface area contributed by atoms with Gasteiger partial charge in [0.25, 0.3) is 0 Å². The van der Waals surface area contributed by atoms with Crippen molar-refractivity contribution in [1.29, 1.82) is 0 Å². The molecule has 1 N–H and O–H groups in total. The molecule has 2 heterocycles. The standard InChI is InChI=1S/C13H18O6/c1-9-10-2-3-16-4-5-17-6-7-18-8-11(12(10)14)13(15)19-9/h14H,2-8H2,1H3. The Morgan fingerprint density at radius 2 is 1.58 bits per heavy atom. The van der Waals surface area contributed by atoms with Gasteiger partial charge in [0.05, 0.1) is 39.6 Å². The second-order valence-corrected chi connectivity index (χ2v) is 4.28. The molecule has 0 radical (unpaired) electrons. The second kappa shape index (κ2) is 6.70. The maximum absolute atomic E-state index is 11.7. The number of aryl methyl sites for hydroxylation is 1. The van der Waals surface area contributed by atoms with Crippen LogP contribution >= 0.6 is 0 Å². The van der Waals surface area contributed by atoms with E-state index in [-0.39, 0.29) is 17.9 Å². The first-order valence-corrected chi connectivity index (χ1v) is 6.28. The Morgan fingerprint density at radius 3 is 2.32 bits per heavy atom. The lowest BCUT2D eigenvalue weighted by atomic mass is 10.1. The molecule has 0 saturated carbocycles. The predicted octanol–water partition coefficient (Wildman–Crippen LogP) is 0.760. The third-order valence-electron chi connectivity index (χ3n) is 2.98. The van der Waals surface area contributed by atoms with Gasteiger partial charge in [-0.2, -0.15) is 0 Å². The summed E-state index contributed by atoms with van der Waals surface area (Å²) in [4.78, 5) is 11.7. The van der Waals surface area contributed by atoms with Gasteiger partial charge in [0.1, 0.15) is 17.1 Å². The summed E-state index contributed by atoms with van der Waals surface area (Å²) in [6, 6.07) is 0. The first kappa shape index (κ1) is 14.0. The summed E-state index contributed by atoms with van der Waals surface area (Å²) in [6.45, 7) is 3.88. The van der Waals surface area contributed by atoms with E-state index in [0.29, 0.717) is 50.8 Å². The van der Waals surface area contributed by atoms with Crippen molar-refractivity contribution >= 4 is 0 Å². The number of rotatable bonds is 0. The van der Waals surface area contributed by atoms with Crippen molar-refractivity contribution in [1.82, 2.24) is 0 Å². The van der Waals surface area contributed by atoms with Gasteiger partial charge in [0, 0.05) is 12.0 Å². The number of hydrogen-bond donors (Lipinski definition) is 1. The lowest BCUT2D eigenvalue weighted by molar-refractivity contribution is 0.0114.